The van der Waals surface area contributed by atoms with Gasteiger partial charge in [-0.05, 0) is 17.7 Å². The van der Waals surface area contributed by atoms with Gasteiger partial charge in [-0.2, -0.15) is 0 Å². The summed E-state index contributed by atoms with van der Waals surface area (Å²) in [6.07, 6.45) is 0. The summed E-state index contributed by atoms with van der Waals surface area (Å²) in [5, 5.41) is 10.5. The first-order valence-corrected chi connectivity index (χ1v) is 7.45. The quantitative estimate of drug-likeness (QED) is 0.482. The number of nitro groups is 1. The Bertz CT molecular complexity index is 632. The molecule has 0 spiro atoms. The number of hydrogen-bond donors (Lipinski definition) is 1. The fourth-order valence-corrected chi connectivity index (χ4v) is 2.30. The summed E-state index contributed by atoms with van der Waals surface area (Å²) < 4.78 is 0. The second-order valence-corrected chi connectivity index (χ2v) is 5.39. The molecule has 2 rings (SSSR count). The summed E-state index contributed by atoms with van der Waals surface area (Å²) in [6.45, 7) is 0.300. The Morgan fingerprint density at radius 3 is 2.45 bits per heavy atom. The Labute approximate surface area is 131 Å². The SMILES string of the molecule is O=C(CSc1ccc([N+](=O)[O-])cc1)NOCc1ccccc1. The lowest BCUT2D eigenvalue weighted by Crippen LogP contribution is -2.25. The molecule has 2 aromatic carbocycles. The minimum absolute atomic E-state index is 0.0278. The van der Waals surface area contributed by atoms with Crippen LogP contribution in [-0.4, -0.2) is 16.6 Å². The highest BCUT2D eigenvalue weighted by atomic mass is 32.2. The van der Waals surface area contributed by atoms with E-state index in [9.17, 15) is 14.9 Å². The van der Waals surface area contributed by atoms with Crippen molar-refractivity contribution in [3.05, 3.63) is 70.3 Å². The Morgan fingerprint density at radius 1 is 1.14 bits per heavy atom. The third-order valence-electron chi connectivity index (χ3n) is 2.69. The lowest BCUT2D eigenvalue weighted by atomic mass is 10.2. The number of hydrogen-bond acceptors (Lipinski definition) is 5. The number of carbonyl (C=O) groups excluding carboxylic acids is 1. The van der Waals surface area contributed by atoms with Gasteiger partial charge in [-0.1, -0.05) is 30.3 Å². The van der Waals surface area contributed by atoms with E-state index >= 15 is 0 Å². The molecule has 0 unspecified atom stereocenters. The topological polar surface area (TPSA) is 81.5 Å². The molecule has 0 saturated heterocycles. The van der Waals surface area contributed by atoms with Crippen molar-refractivity contribution >= 4 is 23.4 Å². The maximum atomic E-state index is 11.6. The fraction of sp³-hybridized carbons (Fsp3) is 0.133. The van der Waals surface area contributed by atoms with Gasteiger partial charge in [-0.15, -0.1) is 11.8 Å². The molecule has 0 bridgehead atoms. The first kappa shape index (κ1) is 16.0. The molecule has 1 N–H and O–H groups in total. The number of nitro benzene ring substituents is 1. The lowest BCUT2D eigenvalue weighted by molar-refractivity contribution is -0.384. The number of amides is 1. The number of nitrogens with zero attached hydrogens (tertiary/aromatic N) is 1. The Hall–Kier alpha value is -2.38. The first-order valence-electron chi connectivity index (χ1n) is 6.47. The van der Waals surface area contributed by atoms with Gasteiger partial charge in [0.15, 0.2) is 0 Å². The minimum Gasteiger partial charge on any atom is -0.272 e. The number of hydroxylamine groups is 1. The zero-order valence-electron chi connectivity index (χ0n) is 11.6. The summed E-state index contributed by atoms with van der Waals surface area (Å²) in [4.78, 5) is 27.6. The molecule has 114 valence electrons. The zero-order valence-corrected chi connectivity index (χ0v) is 12.4. The van der Waals surface area contributed by atoms with Crippen LogP contribution in [0.15, 0.2) is 59.5 Å². The minimum atomic E-state index is -0.460. The van der Waals surface area contributed by atoms with Crippen LogP contribution in [0.4, 0.5) is 5.69 Å². The Morgan fingerprint density at radius 2 is 1.82 bits per heavy atom. The van der Waals surface area contributed by atoms with E-state index in [2.05, 4.69) is 5.48 Å². The van der Waals surface area contributed by atoms with Crippen molar-refractivity contribution in [2.45, 2.75) is 11.5 Å². The van der Waals surface area contributed by atoms with Crippen molar-refractivity contribution in [3.8, 4) is 0 Å². The van der Waals surface area contributed by atoms with E-state index in [1.807, 2.05) is 30.3 Å². The molecule has 2 aromatic rings. The van der Waals surface area contributed by atoms with Crippen LogP contribution in [0, 0.1) is 10.1 Å². The van der Waals surface area contributed by atoms with Crippen LogP contribution in [0.5, 0.6) is 0 Å². The highest BCUT2D eigenvalue weighted by Crippen LogP contribution is 2.20. The van der Waals surface area contributed by atoms with E-state index in [4.69, 9.17) is 4.84 Å². The first-order chi connectivity index (χ1) is 10.6. The monoisotopic (exact) mass is 318 g/mol. The molecule has 0 aromatic heterocycles. The highest BCUT2D eigenvalue weighted by molar-refractivity contribution is 8.00. The molecule has 0 fully saturated rings. The van der Waals surface area contributed by atoms with Gasteiger partial charge >= 0.3 is 0 Å². The largest absolute Gasteiger partial charge is 0.272 e. The number of non-ortho nitro benzene ring substituents is 1. The predicted molar refractivity (Wildman–Crippen MR) is 83.2 cm³/mol. The molecule has 0 atom stereocenters. The van der Waals surface area contributed by atoms with Gasteiger partial charge in [0.1, 0.15) is 0 Å². The van der Waals surface area contributed by atoms with Crippen molar-refractivity contribution in [2.24, 2.45) is 0 Å². The second-order valence-electron chi connectivity index (χ2n) is 4.34. The Kier molecular flexibility index (Phi) is 5.93. The van der Waals surface area contributed by atoms with Gasteiger partial charge < -0.3 is 0 Å². The molecule has 0 aliphatic carbocycles. The lowest BCUT2D eigenvalue weighted by Gasteiger charge is -2.06. The van der Waals surface area contributed by atoms with Crippen molar-refractivity contribution in [2.75, 3.05) is 5.75 Å². The number of rotatable bonds is 7. The van der Waals surface area contributed by atoms with Gasteiger partial charge in [0, 0.05) is 17.0 Å². The van der Waals surface area contributed by atoms with Crippen LogP contribution in [0.25, 0.3) is 0 Å². The average molecular weight is 318 g/mol. The highest BCUT2D eigenvalue weighted by Gasteiger charge is 2.06. The molecule has 0 aliphatic rings. The number of thioether (sulfide) groups is 1. The van der Waals surface area contributed by atoms with Gasteiger partial charge in [-0.25, -0.2) is 5.48 Å². The molecule has 0 aliphatic heterocycles. The maximum absolute atomic E-state index is 11.6. The molecular formula is C15H14N2O4S. The second kappa shape index (κ2) is 8.16. The zero-order chi connectivity index (χ0) is 15.8. The third-order valence-corrected chi connectivity index (χ3v) is 3.70. The van der Waals surface area contributed by atoms with Gasteiger partial charge in [0.25, 0.3) is 11.6 Å². The van der Waals surface area contributed by atoms with Crippen LogP contribution >= 0.6 is 11.8 Å². The van der Waals surface area contributed by atoms with E-state index in [0.717, 1.165) is 10.5 Å². The number of carbonyl (C=O) groups is 1. The average Bonchev–Trinajstić information content (AvgIpc) is 2.54. The fourth-order valence-electron chi connectivity index (χ4n) is 1.62. The van der Waals surface area contributed by atoms with Crippen molar-refractivity contribution in [1.29, 1.82) is 0 Å². The van der Waals surface area contributed by atoms with Crippen LogP contribution in [-0.2, 0) is 16.2 Å². The predicted octanol–water partition coefficient (Wildman–Crippen LogP) is 2.93. The molecule has 0 radical (unpaired) electrons. The van der Waals surface area contributed by atoms with E-state index in [0.29, 0.717) is 6.61 Å². The van der Waals surface area contributed by atoms with Crippen molar-refractivity contribution in [1.82, 2.24) is 5.48 Å². The van der Waals surface area contributed by atoms with Crippen LogP contribution in [0.2, 0.25) is 0 Å². The van der Waals surface area contributed by atoms with E-state index in [-0.39, 0.29) is 17.3 Å². The molecule has 0 heterocycles. The normalized spacial score (nSPS) is 10.2. The van der Waals surface area contributed by atoms with Gasteiger partial charge in [0.05, 0.1) is 17.3 Å². The molecule has 1 amide bonds. The molecular weight excluding hydrogens is 304 g/mol. The van der Waals surface area contributed by atoms with Gasteiger partial charge in [-0.3, -0.25) is 19.7 Å². The smallest absolute Gasteiger partial charge is 0.269 e. The summed E-state index contributed by atoms with van der Waals surface area (Å²) in [5.41, 5.74) is 3.35. The summed E-state index contributed by atoms with van der Waals surface area (Å²) in [7, 11) is 0. The summed E-state index contributed by atoms with van der Waals surface area (Å²) in [6, 6.07) is 15.5. The molecule has 7 heteroatoms. The van der Waals surface area contributed by atoms with Crippen LogP contribution in [0.3, 0.4) is 0 Å². The molecule has 0 saturated carbocycles. The van der Waals surface area contributed by atoms with E-state index in [1.54, 1.807) is 12.1 Å². The number of nitrogens with one attached hydrogen (secondary N) is 1. The third kappa shape index (κ3) is 5.19. The van der Waals surface area contributed by atoms with Crippen molar-refractivity contribution < 1.29 is 14.6 Å². The standard InChI is InChI=1S/C15H14N2O4S/c18-15(16-21-10-12-4-2-1-3-5-12)11-22-14-8-6-13(7-9-14)17(19)20/h1-9H,10-11H2,(H,16,18). The van der Waals surface area contributed by atoms with E-state index in [1.165, 1.54) is 23.9 Å². The van der Waals surface area contributed by atoms with Crippen LogP contribution in [0.1, 0.15) is 5.56 Å². The summed E-state index contributed by atoms with van der Waals surface area (Å²) in [5.74, 6) is -0.0913. The van der Waals surface area contributed by atoms with Crippen molar-refractivity contribution in [3.63, 3.8) is 0 Å². The van der Waals surface area contributed by atoms with E-state index < -0.39 is 4.92 Å². The molecule has 22 heavy (non-hydrogen) atoms. The van der Waals surface area contributed by atoms with Gasteiger partial charge in [0.2, 0.25) is 0 Å². The number of benzene rings is 2. The molecule has 6 nitrogen and oxygen atoms in total. The summed E-state index contributed by atoms with van der Waals surface area (Å²) >= 11 is 1.28. The Balaban J connectivity index is 1.70. The maximum Gasteiger partial charge on any atom is 0.269 e. The van der Waals surface area contributed by atoms with Crippen LogP contribution < -0.4 is 5.48 Å².